The minimum Gasteiger partial charge on any atom is -0.376 e. The Hall–Kier alpha value is -2.84. The van der Waals surface area contributed by atoms with Gasteiger partial charge in [-0.05, 0) is 72.5 Å². The van der Waals surface area contributed by atoms with Crippen LogP contribution in [0.15, 0.2) is 36.4 Å². The number of ether oxygens (including phenoxy) is 1. The predicted octanol–water partition coefficient (Wildman–Crippen LogP) is 2.70. The van der Waals surface area contributed by atoms with Gasteiger partial charge in [-0.15, -0.1) is 0 Å². The Morgan fingerprint density at radius 2 is 1.75 bits per heavy atom. The molecule has 5 nitrogen and oxygen atoms in total. The van der Waals surface area contributed by atoms with Crippen molar-refractivity contribution in [3.63, 3.8) is 0 Å². The van der Waals surface area contributed by atoms with E-state index in [2.05, 4.69) is 22.3 Å². The monoisotopic (exact) mass is 497 g/mol. The molecular formula is C28H30F3N3O2. The van der Waals surface area contributed by atoms with Gasteiger partial charge in [0, 0.05) is 31.9 Å². The fraction of sp³-hybridized carbons (Fsp3) is 0.464. The third-order valence-corrected chi connectivity index (χ3v) is 8.25. The summed E-state index contributed by atoms with van der Waals surface area (Å²) in [5.41, 5.74) is 2.47. The maximum absolute atomic E-state index is 14.0. The van der Waals surface area contributed by atoms with E-state index >= 15 is 0 Å². The summed E-state index contributed by atoms with van der Waals surface area (Å²) in [4.78, 5) is 17.8. The highest BCUT2D eigenvalue weighted by Gasteiger charge is 2.46. The van der Waals surface area contributed by atoms with Crippen LogP contribution in [-0.2, 0) is 17.3 Å². The summed E-state index contributed by atoms with van der Waals surface area (Å²) >= 11 is 0. The maximum atomic E-state index is 14.0. The van der Waals surface area contributed by atoms with E-state index in [1.54, 1.807) is 0 Å². The molecule has 0 bridgehead atoms. The van der Waals surface area contributed by atoms with Gasteiger partial charge in [-0.25, -0.2) is 0 Å². The Balaban J connectivity index is 1.38. The van der Waals surface area contributed by atoms with Crippen LogP contribution in [0, 0.1) is 0 Å². The molecule has 2 aliphatic carbocycles. The molecule has 36 heavy (non-hydrogen) atoms. The lowest BCUT2D eigenvalue weighted by Crippen LogP contribution is -2.65. The molecule has 2 aromatic carbocycles. The van der Waals surface area contributed by atoms with Crippen molar-refractivity contribution >= 4 is 22.7 Å². The fourth-order valence-corrected chi connectivity index (χ4v) is 6.19. The van der Waals surface area contributed by atoms with Crippen LogP contribution in [0.1, 0.15) is 40.7 Å². The molecule has 2 aromatic rings. The molecule has 0 saturated carbocycles. The van der Waals surface area contributed by atoms with Crippen molar-refractivity contribution in [1.82, 2.24) is 10.2 Å². The number of nitrogens with zero attached hydrogens (tertiary/aromatic N) is 2. The summed E-state index contributed by atoms with van der Waals surface area (Å²) in [6.45, 7) is 3.59. The van der Waals surface area contributed by atoms with Crippen molar-refractivity contribution in [3.05, 3.63) is 63.5 Å². The minimum atomic E-state index is -4.63. The molecule has 190 valence electrons. The number of carbonyl (C=O) groups is 1. The number of piperazine rings is 1. The first kappa shape index (κ1) is 23.6. The average molecular weight is 498 g/mol. The normalized spacial score (nSPS) is 21.3. The highest BCUT2D eigenvalue weighted by molar-refractivity contribution is 5.98. The van der Waals surface area contributed by atoms with E-state index in [0.717, 1.165) is 55.6 Å². The lowest BCUT2D eigenvalue weighted by atomic mass is 9.79. The van der Waals surface area contributed by atoms with Crippen LogP contribution in [0.4, 0.5) is 18.9 Å². The van der Waals surface area contributed by atoms with E-state index in [0.29, 0.717) is 18.8 Å². The fourth-order valence-electron chi connectivity index (χ4n) is 6.19. The summed E-state index contributed by atoms with van der Waals surface area (Å²) in [5, 5.41) is 5.43. The van der Waals surface area contributed by atoms with Crippen molar-refractivity contribution in [2.75, 3.05) is 51.3 Å². The smallest absolute Gasteiger partial charge is 0.376 e. The van der Waals surface area contributed by atoms with E-state index < -0.39 is 23.2 Å². The molecule has 1 N–H and O–H groups in total. The zero-order valence-corrected chi connectivity index (χ0v) is 20.4. The Kier molecular flexibility index (Phi) is 5.64. The highest BCUT2D eigenvalue weighted by Crippen LogP contribution is 2.37. The molecule has 0 atom stereocenters. The standard InChI is InChI=1S/C28H30F3N3O2/c1-33-11-13-34(14-12-33)20-8-10-24(28(29,30)31)22(15-20)26(35)32-27(16-36-17-27)23-9-7-19-6-5-18-3-2-4-21(23)25(18)19/h2-4,8,10,15H,5-7,9,11-14,16-17H2,1H3,(H,32,35). The van der Waals surface area contributed by atoms with E-state index in [1.807, 2.05) is 18.0 Å². The molecule has 0 unspecified atom stereocenters. The van der Waals surface area contributed by atoms with Gasteiger partial charge in [0.2, 0.25) is 0 Å². The average Bonchev–Trinajstić information content (AvgIpc) is 3.26. The van der Waals surface area contributed by atoms with Crippen LogP contribution < -0.4 is 20.7 Å². The number of likely N-dealkylation sites (N-methyl/N-ethyl adjacent to an activating group) is 1. The number of halogens is 3. The molecule has 2 fully saturated rings. The summed E-state index contributed by atoms with van der Waals surface area (Å²) in [5.74, 6) is -0.698. The Bertz CT molecular complexity index is 1340. The third-order valence-electron chi connectivity index (χ3n) is 8.25. The van der Waals surface area contributed by atoms with Gasteiger partial charge >= 0.3 is 6.18 Å². The Labute approximate surface area is 208 Å². The SMILES string of the molecule is CN1CCN(c2ccc(C(F)(F)F)c(C(=O)NC3(C4=c5cccc6c5=C(CC4)CC6)COC3)c2)CC1. The van der Waals surface area contributed by atoms with Crippen molar-refractivity contribution in [1.29, 1.82) is 0 Å². The quantitative estimate of drug-likeness (QED) is 0.706. The van der Waals surface area contributed by atoms with Crippen LogP contribution in [-0.4, -0.2) is 62.8 Å². The van der Waals surface area contributed by atoms with Crippen LogP contribution in [0.5, 0.6) is 0 Å². The van der Waals surface area contributed by atoms with Gasteiger partial charge < -0.3 is 19.9 Å². The molecule has 4 aliphatic rings. The summed E-state index contributed by atoms with van der Waals surface area (Å²) in [6.07, 6.45) is -0.843. The topological polar surface area (TPSA) is 44.8 Å². The maximum Gasteiger partial charge on any atom is 0.417 e. The first-order valence-corrected chi connectivity index (χ1v) is 12.6. The molecule has 0 aromatic heterocycles. The van der Waals surface area contributed by atoms with Crippen LogP contribution in [0.2, 0.25) is 0 Å². The number of carbonyl (C=O) groups excluding carboxylic acids is 1. The van der Waals surface area contributed by atoms with Gasteiger partial charge in [0.25, 0.3) is 5.91 Å². The molecule has 8 heteroatoms. The molecular weight excluding hydrogens is 467 g/mol. The number of benzene rings is 2. The second-order valence-corrected chi connectivity index (χ2v) is 10.5. The number of amides is 1. The molecule has 1 amide bonds. The zero-order chi connectivity index (χ0) is 25.1. The van der Waals surface area contributed by atoms with Crippen molar-refractivity contribution in [2.45, 2.75) is 37.4 Å². The van der Waals surface area contributed by atoms with Crippen LogP contribution in [0.3, 0.4) is 0 Å². The lowest BCUT2D eigenvalue weighted by Gasteiger charge is -2.45. The van der Waals surface area contributed by atoms with Crippen molar-refractivity contribution in [3.8, 4) is 0 Å². The molecule has 0 spiro atoms. The largest absolute Gasteiger partial charge is 0.417 e. The van der Waals surface area contributed by atoms with Gasteiger partial charge in [-0.2, -0.15) is 13.2 Å². The Morgan fingerprint density at radius 1 is 1.00 bits per heavy atom. The second kappa shape index (κ2) is 8.63. The number of alkyl halides is 3. The van der Waals surface area contributed by atoms with E-state index in [1.165, 1.54) is 28.5 Å². The molecule has 2 saturated heterocycles. The zero-order valence-electron chi connectivity index (χ0n) is 20.4. The molecule has 2 aliphatic heterocycles. The summed E-state index contributed by atoms with van der Waals surface area (Å²) in [7, 11) is 2.02. The first-order chi connectivity index (χ1) is 17.2. The van der Waals surface area contributed by atoms with Crippen molar-refractivity contribution < 1.29 is 22.7 Å². The third kappa shape index (κ3) is 3.91. The predicted molar refractivity (Wildman–Crippen MR) is 132 cm³/mol. The first-order valence-electron chi connectivity index (χ1n) is 12.6. The van der Waals surface area contributed by atoms with Gasteiger partial charge in [-0.1, -0.05) is 23.8 Å². The van der Waals surface area contributed by atoms with Gasteiger partial charge in [0.1, 0.15) is 5.54 Å². The van der Waals surface area contributed by atoms with Gasteiger partial charge in [-0.3, -0.25) is 4.79 Å². The summed E-state index contributed by atoms with van der Waals surface area (Å²) < 4.78 is 47.5. The van der Waals surface area contributed by atoms with Gasteiger partial charge in [0.15, 0.2) is 0 Å². The van der Waals surface area contributed by atoms with E-state index in [9.17, 15) is 18.0 Å². The number of nitrogens with one attached hydrogen (secondary N) is 1. The molecule has 0 radical (unpaired) electrons. The van der Waals surface area contributed by atoms with Gasteiger partial charge in [0.05, 0.1) is 24.3 Å². The van der Waals surface area contributed by atoms with Crippen LogP contribution >= 0.6 is 0 Å². The Morgan fingerprint density at radius 3 is 2.44 bits per heavy atom. The number of hydrogen-bond acceptors (Lipinski definition) is 4. The molecule has 6 rings (SSSR count). The van der Waals surface area contributed by atoms with Crippen LogP contribution in [0.25, 0.3) is 11.1 Å². The number of aryl methyl sites for hydroxylation is 1. The van der Waals surface area contributed by atoms with E-state index in [-0.39, 0.29) is 18.8 Å². The summed E-state index contributed by atoms with van der Waals surface area (Å²) in [6, 6.07) is 10.2. The lowest BCUT2D eigenvalue weighted by molar-refractivity contribution is -0.138. The number of anilines is 1. The van der Waals surface area contributed by atoms with Crippen molar-refractivity contribution in [2.24, 2.45) is 0 Å². The second-order valence-electron chi connectivity index (χ2n) is 10.5. The number of hydrogen-bond donors (Lipinski definition) is 1. The van der Waals surface area contributed by atoms with E-state index in [4.69, 9.17) is 4.74 Å². The minimum absolute atomic E-state index is 0.270. The highest BCUT2D eigenvalue weighted by atomic mass is 19.4. The molecule has 2 heterocycles. The number of rotatable bonds is 4.